The Bertz CT molecular complexity index is 1300. The standard InChI is InChI=1S/C36H51N3O7/c1-9-11-17-28(41)37(8)24(7)31(25-15-13-12-14-16-25)45-35(44)29-27-18-19-36(46-27)30(29)33(42)39(26(21-40)22(3)4)32(36)34(43)38(20-10-2)23(5)6/h9-10,12-16,22-24,26-27,29-32,40H,1-2,11,17-21H2,3-8H3/t24-,26-,27+,29-,30-,31+,32+,36-/m0/s1. The summed E-state index contributed by atoms with van der Waals surface area (Å²) in [5.74, 6) is -3.41. The molecule has 2 bridgehead atoms. The van der Waals surface area contributed by atoms with Gasteiger partial charge in [-0.15, -0.1) is 13.2 Å². The van der Waals surface area contributed by atoms with Crippen LogP contribution in [0.3, 0.4) is 0 Å². The minimum Gasteiger partial charge on any atom is -0.455 e. The number of allylic oxidation sites excluding steroid dienone is 1. The van der Waals surface area contributed by atoms with Crippen molar-refractivity contribution in [2.45, 2.75) is 102 Å². The van der Waals surface area contributed by atoms with Crippen LogP contribution in [0.1, 0.15) is 72.0 Å². The largest absolute Gasteiger partial charge is 0.455 e. The number of esters is 1. The van der Waals surface area contributed by atoms with Gasteiger partial charge in [-0.3, -0.25) is 19.2 Å². The van der Waals surface area contributed by atoms with E-state index in [9.17, 15) is 24.3 Å². The number of aliphatic hydroxyl groups is 1. The molecular formula is C36H51N3O7. The van der Waals surface area contributed by atoms with E-state index < -0.39 is 53.7 Å². The van der Waals surface area contributed by atoms with Gasteiger partial charge in [-0.25, -0.2) is 0 Å². The summed E-state index contributed by atoms with van der Waals surface area (Å²) in [5.41, 5.74) is -0.514. The number of ether oxygens (including phenoxy) is 2. The normalized spacial score (nSPS) is 26.9. The number of rotatable bonds is 15. The quantitative estimate of drug-likeness (QED) is 0.229. The Morgan fingerprint density at radius 1 is 1.13 bits per heavy atom. The molecule has 3 fully saturated rings. The predicted molar refractivity (Wildman–Crippen MR) is 174 cm³/mol. The van der Waals surface area contributed by atoms with Crippen molar-refractivity contribution >= 4 is 23.7 Å². The zero-order valence-corrected chi connectivity index (χ0v) is 28.1. The molecule has 3 amide bonds. The number of likely N-dealkylation sites (tertiary alicyclic amines) is 1. The van der Waals surface area contributed by atoms with Crippen molar-refractivity contribution in [3.05, 3.63) is 61.2 Å². The molecule has 0 saturated carbocycles. The second-order valence-electron chi connectivity index (χ2n) is 13.5. The van der Waals surface area contributed by atoms with Crippen molar-refractivity contribution < 1.29 is 33.8 Å². The molecule has 0 unspecified atom stereocenters. The van der Waals surface area contributed by atoms with Gasteiger partial charge in [-0.05, 0) is 51.5 Å². The van der Waals surface area contributed by atoms with E-state index >= 15 is 0 Å². The van der Waals surface area contributed by atoms with E-state index in [2.05, 4.69) is 13.2 Å². The number of benzene rings is 1. The van der Waals surface area contributed by atoms with Crippen molar-refractivity contribution in [3.63, 3.8) is 0 Å². The van der Waals surface area contributed by atoms with Crippen LogP contribution in [0.25, 0.3) is 0 Å². The van der Waals surface area contributed by atoms with Gasteiger partial charge in [0.1, 0.15) is 17.7 Å². The van der Waals surface area contributed by atoms with Gasteiger partial charge < -0.3 is 29.3 Å². The van der Waals surface area contributed by atoms with Crippen molar-refractivity contribution in [2.24, 2.45) is 17.8 Å². The predicted octanol–water partition coefficient (Wildman–Crippen LogP) is 3.90. The molecular weight excluding hydrogens is 586 g/mol. The molecule has 0 radical (unpaired) electrons. The monoisotopic (exact) mass is 637 g/mol. The van der Waals surface area contributed by atoms with E-state index in [1.807, 2.05) is 65.0 Å². The van der Waals surface area contributed by atoms with Crippen LogP contribution in [0.2, 0.25) is 0 Å². The molecule has 1 aromatic carbocycles. The van der Waals surface area contributed by atoms with Crippen LogP contribution in [0, 0.1) is 17.8 Å². The maximum Gasteiger partial charge on any atom is 0.313 e. The van der Waals surface area contributed by atoms with Crippen LogP contribution in [-0.2, 0) is 28.7 Å². The number of hydrogen-bond donors (Lipinski definition) is 1. The van der Waals surface area contributed by atoms with E-state index in [1.165, 1.54) is 4.90 Å². The lowest BCUT2D eigenvalue weighted by Crippen LogP contribution is -2.60. The van der Waals surface area contributed by atoms with Crippen LogP contribution >= 0.6 is 0 Å². The number of likely N-dealkylation sites (N-methyl/N-ethyl adjacent to an activating group) is 1. The molecule has 3 aliphatic heterocycles. The van der Waals surface area contributed by atoms with Gasteiger partial charge in [0.15, 0.2) is 0 Å². The summed E-state index contributed by atoms with van der Waals surface area (Å²) in [6.07, 6.45) is 3.66. The summed E-state index contributed by atoms with van der Waals surface area (Å²) in [7, 11) is 1.69. The van der Waals surface area contributed by atoms with Gasteiger partial charge in [-0.1, -0.05) is 56.3 Å². The highest BCUT2D eigenvalue weighted by molar-refractivity contribution is 5.98. The zero-order chi connectivity index (χ0) is 33.9. The molecule has 1 aromatic rings. The first-order valence-electron chi connectivity index (χ1n) is 16.5. The average Bonchev–Trinajstić information content (AvgIpc) is 3.68. The summed E-state index contributed by atoms with van der Waals surface area (Å²) in [5, 5.41) is 10.5. The maximum atomic E-state index is 14.5. The average molecular weight is 638 g/mol. The molecule has 10 heteroatoms. The van der Waals surface area contributed by atoms with E-state index in [0.717, 1.165) is 5.56 Å². The lowest BCUT2D eigenvalue weighted by molar-refractivity contribution is -0.165. The fraction of sp³-hybridized carbons (Fsp3) is 0.611. The number of carbonyl (C=O) groups excluding carboxylic acids is 4. The summed E-state index contributed by atoms with van der Waals surface area (Å²) in [6, 6.07) is 6.90. The molecule has 1 spiro atoms. The van der Waals surface area contributed by atoms with Gasteiger partial charge in [-0.2, -0.15) is 0 Å². The summed E-state index contributed by atoms with van der Waals surface area (Å²) >= 11 is 0. The number of hydrogen-bond acceptors (Lipinski definition) is 7. The van der Waals surface area contributed by atoms with E-state index in [-0.39, 0.29) is 49.3 Å². The molecule has 10 nitrogen and oxygen atoms in total. The van der Waals surface area contributed by atoms with Crippen molar-refractivity contribution in [3.8, 4) is 0 Å². The highest BCUT2D eigenvalue weighted by Crippen LogP contribution is 2.59. The van der Waals surface area contributed by atoms with Crippen molar-refractivity contribution in [1.82, 2.24) is 14.7 Å². The Morgan fingerprint density at radius 3 is 2.37 bits per heavy atom. The third-order valence-corrected chi connectivity index (χ3v) is 10.2. The van der Waals surface area contributed by atoms with Crippen LogP contribution in [-0.4, -0.2) is 99.6 Å². The van der Waals surface area contributed by atoms with E-state index in [1.54, 1.807) is 29.0 Å². The van der Waals surface area contributed by atoms with Crippen LogP contribution in [0.5, 0.6) is 0 Å². The third kappa shape index (κ3) is 6.26. The number of carbonyl (C=O) groups is 4. The topological polar surface area (TPSA) is 117 Å². The van der Waals surface area contributed by atoms with E-state index in [0.29, 0.717) is 19.3 Å². The Hall–Kier alpha value is -3.50. The molecule has 0 aliphatic carbocycles. The number of aliphatic hydroxyl groups excluding tert-OH is 1. The van der Waals surface area contributed by atoms with Crippen molar-refractivity contribution in [2.75, 3.05) is 20.2 Å². The number of nitrogens with zero attached hydrogens (tertiary/aromatic N) is 3. The van der Waals surface area contributed by atoms with Crippen LogP contribution in [0.15, 0.2) is 55.6 Å². The summed E-state index contributed by atoms with van der Waals surface area (Å²) in [6.45, 7) is 16.9. The Kier molecular flexibility index (Phi) is 11.2. The number of amides is 3. The minimum absolute atomic E-state index is 0.104. The fourth-order valence-corrected chi connectivity index (χ4v) is 7.59. The molecule has 3 aliphatic rings. The molecule has 46 heavy (non-hydrogen) atoms. The first kappa shape index (κ1) is 35.4. The zero-order valence-electron chi connectivity index (χ0n) is 28.1. The van der Waals surface area contributed by atoms with Crippen LogP contribution in [0.4, 0.5) is 0 Å². The van der Waals surface area contributed by atoms with E-state index in [4.69, 9.17) is 9.47 Å². The Balaban J connectivity index is 1.72. The van der Waals surface area contributed by atoms with Gasteiger partial charge in [0.2, 0.25) is 17.7 Å². The van der Waals surface area contributed by atoms with Gasteiger partial charge in [0.25, 0.3) is 0 Å². The highest BCUT2D eigenvalue weighted by Gasteiger charge is 2.76. The summed E-state index contributed by atoms with van der Waals surface area (Å²) < 4.78 is 12.9. The van der Waals surface area contributed by atoms with Gasteiger partial charge in [0, 0.05) is 26.1 Å². The molecule has 3 saturated heterocycles. The third-order valence-electron chi connectivity index (χ3n) is 10.2. The molecule has 4 rings (SSSR count). The van der Waals surface area contributed by atoms with Crippen molar-refractivity contribution in [1.29, 1.82) is 0 Å². The molecule has 3 heterocycles. The number of fused-ring (bicyclic) bond motifs is 1. The summed E-state index contributed by atoms with van der Waals surface area (Å²) in [4.78, 5) is 61.0. The fourth-order valence-electron chi connectivity index (χ4n) is 7.59. The first-order chi connectivity index (χ1) is 21.9. The van der Waals surface area contributed by atoms with Gasteiger partial charge in [0.05, 0.1) is 36.6 Å². The first-order valence-corrected chi connectivity index (χ1v) is 16.5. The lowest BCUT2D eigenvalue weighted by atomic mass is 9.70. The second kappa shape index (κ2) is 14.5. The molecule has 252 valence electrons. The molecule has 1 N–H and O–H groups in total. The minimum atomic E-state index is -1.23. The molecule has 0 aromatic heterocycles. The smallest absolute Gasteiger partial charge is 0.313 e. The molecule has 8 atom stereocenters. The Labute approximate surface area is 273 Å². The maximum absolute atomic E-state index is 14.5. The highest BCUT2D eigenvalue weighted by atomic mass is 16.6. The van der Waals surface area contributed by atoms with Gasteiger partial charge >= 0.3 is 5.97 Å². The SMILES string of the molecule is C=CCCC(=O)N(C)[C@@H](C)[C@@H](OC(=O)[C@@H]1[C@H]2C(=O)N([C@@H](CO)C(C)C)[C@H](C(=O)N(CC=C)C(C)C)[C@]23CC[C@H]1O3)c1ccccc1. The lowest BCUT2D eigenvalue weighted by Gasteiger charge is -2.41. The van der Waals surface area contributed by atoms with Crippen LogP contribution < -0.4 is 0 Å². The second-order valence-corrected chi connectivity index (χ2v) is 13.5. The Morgan fingerprint density at radius 2 is 1.80 bits per heavy atom.